The van der Waals surface area contributed by atoms with Crippen LogP contribution in [0.25, 0.3) is 0 Å². The molecule has 0 saturated heterocycles. The summed E-state index contributed by atoms with van der Waals surface area (Å²) < 4.78 is 11.3. The monoisotopic (exact) mass is 321 g/mol. The van der Waals surface area contributed by atoms with E-state index in [0.29, 0.717) is 13.4 Å². The van der Waals surface area contributed by atoms with Gasteiger partial charge in [0.15, 0.2) is 0 Å². The second-order valence-electron chi connectivity index (χ2n) is 3.32. The summed E-state index contributed by atoms with van der Waals surface area (Å²) in [7, 11) is 1.62. The SMILES string of the molecule is COCOCCc1c(I)ccc(C)c1N. The molecule has 0 spiro atoms. The Labute approximate surface area is 104 Å². The van der Waals surface area contributed by atoms with Crippen LogP contribution in [0.4, 0.5) is 5.69 Å². The second kappa shape index (κ2) is 6.30. The van der Waals surface area contributed by atoms with Gasteiger partial charge in [0.05, 0.1) is 6.61 Å². The number of ether oxygens (including phenoxy) is 2. The summed E-state index contributed by atoms with van der Waals surface area (Å²) in [6.45, 7) is 2.99. The Morgan fingerprint density at radius 1 is 1.40 bits per heavy atom. The molecule has 0 amide bonds. The Balaban J connectivity index is 2.63. The van der Waals surface area contributed by atoms with Gasteiger partial charge in [0.1, 0.15) is 6.79 Å². The smallest absolute Gasteiger partial charge is 0.146 e. The number of hydrogen-bond acceptors (Lipinski definition) is 3. The van der Waals surface area contributed by atoms with Crippen LogP contribution in [0, 0.1) is 10.5 Å². The third-order valence-corrected chi connectivity index (χ3v) is 3.23. The van der Waals surface area contributed by atoms with Crippen molar-refractivity contribution in [2.24, 2.45) is 0 Å². The van der Waals surface area contributed by atoms with E-state index in [2.05, 4.69) is 28.7 Å². The van der Waals surface area contributed by atoms with Crippen LogP contribution in [0.1, 0.15) is 11.1 Å². The van der Waals surface area contributed by atoms with Gasteiger partial charge in [0.25, 0.3) is 0 Å². The summed E-state index contributed by atoms with van der Waals surface area (Å²) in [6.07, 6.45) is 0.829. The number of nitrogen functional groups attached to an aromatic ring is 1. The van der Waals surface area contributed by atoms with Crippen molar-refractivity contribution in [1.82, 2.24) is 0 Å². The Hall–Kier alpha value is -0.330. The number of nitrogens with two attached hydrogens (primary N) is 1. The summed E-state index contributed by atoms with van der Waals surface area (Å²) in [4.78, 5) is 0. The second-order valence-corrected chi connectivity index (χ2v) is 4.48. The first kappa shape index (κ1) is 12.7. The molecule has 0 aliphatic heterocycles. The van der Waals surface area contributed by atoms with Crippen LogP contribution in [0.15, 0.2) is 12.1 Å². The number of aryl methyl sites for hydroxylation is 1. The van der Waals surface area contributed by atoms with Crippen molar-refractivity contribution in [3.05, 3.63) is 26.8 Å². The first-order valence-corrected chi connectivity index (χ1v) is 5.84. The highest BCUT2D eigenvalue weighted by molar-refractivity contribution is 14.1. The predicted octanol–water partition coefficient (Wildman–Crippen LogP) is 2.34. The molecule has 84 valence electrons. The number of anilines is 1. The molecule has 4 heteroatoms. The highest BCUT2D eigenvalue weighted by Gasteiger charge is 2.06. The highest BCUT2D eigenvalue weighted by Crippen LogP contribution is 2.23. The molecule has 0 bridgehead atoms. The van der Waals surface area contributed by atoms with Crippen LogP contribution in [-0.2, 0) is 15.9 Å². The molecule has 0 unspecified atom stereocenters. The van der Waals surface area contributed by atoms with E-state index in [1.165, 1.54) is 9.13 Å². The van der Waals surface area contributed by atoms with Gasteiger partial charge in [-0.2, -0.15) is 0 Å². The molecule has 15 heavy (non-hydrogen) atoms. The summed E-state index contributed by atoms with van der Waals surface area (Å²) in [5, 5.41) is 0. The molecule has 0 radical (unpaired) electrons. The zero-order valence-electron chi connectivity index (χ0n) is 9.05. The van der Waals surface area contributed by atoms with E-state index in [4.69, 9.17) is 15.2 Å². The maximum Gasteiger partial charge on any atom is 0.146 e. The standard InChI is InChI=1S/C11H16INO2/c1-8-3-4-10(12)9(11(8)13)5-6-15-7-14-2/h3-4H,5-7,13H2,1-2H3. The zero-order valence-corrected chi connectivity index (χ0v) is 11.2. The van der Waals surface area contributed by atoms with E-state index in [1.807, 2.05) is 13.0 Å². The molecule has 0 aromatic heterocycles. The average molecular weight is 321 g/mol. The fourth-order valence-electron chi connectivity index (χ4n) is 1.33. The number of methoxy groups -OCH3 is 1. The maximum atomic E-state index is 6.01. The molecule has 0 aliphatic rings. The molecular formula is C11H16INO2. The van der Waals surface area contributed by atoms with Crippen LogP contribution < -0.4 is 5.73 Å². The normalized spacial score (nSPS) is 10.6. The molecule has 0 saturated carbocycles. The van der Waals surface area contributed by atoms with Crippen LogP contribution in [0.2, 0.25) is 0 Å². The summed E-state index contributed by atoms with van der Waals surface area (Å²) in [5.74, 6) is 0. The van der Waals surface area contributed by atoms with Crippen molar-refractivity contribution in [2.45, 2.75) is 13.3 Å². The highest BCUT2D eigenvalue weighted by atomic mass is 127. The lowest BCUT2D eigenvalue weighted by molar-refractivity contribution is -0.0291. The van der Waals surface area contributed by atoms with Crippen molar-refractivity contribution in [3.63, 3.8) is 0 Å². The van der Waals surface area contributed by atoms with Crippen LogP contribution in [-0.4, -0.2) is 20.5 Å². The number of rotatable bonds is 5. The summed E-state index contributed by atoms with van der Waals surface area (Å²) in [5.41, 5.74) is 9.18. The summed E-state index contributed by atoms with van der Waals surface area (Å²) >= 11 is 2.30. The summed E-state index contributed by atoms with van der Waals surface area (Å²) in [6, 6.07) is 4.12. The Bertz CT molecular complexity index is 329. The van der Waals surface area contributed by atoms with Gasteiger partial charge >= 0.3 is 0 Å². The van der Waals surface area contributed by atoms with Gasteiger partial charge < -0.3 is 15.2 Å². The quantitative estimate of drug-likeness (QED) is 0.392. The van der Waals surface area contributed by atoms with Crippen molar-refractivity contribution in [3.8, 4) is 0 Å². The Kier molecular flexibility index (Phi) is 5.35. The van der Waals surface area contributed by atoms with Gasteiger partial charge in [-0.3, -0.25) is 0 Å². The van der Waals surface area contributed by atoms with Gasteiger partial charge in [0.2, 0.25) is 0 Å². The fraction of sp³-hybridized carbons (Fsp3) is 0.455. The van der Waals surface area contributed by atoms with E-state index >= 15 is 0 Å². The zero-order chi connectivity index (χ0) is 11.3. The van der Waals surface area contributed by atoms with Crippen LogP contribution in [0.3, 0.4) is 0 Å². The number of hydrogen-bond donors (Lipinski definition) is 1. The van der Waals surface area contributed by atoms with Gasteiger partial charge in [-0.05, 0) is 53.1 Å². The van der Waals surface area contributed by atoms with Gasteiger partial charge in [-0.25, -0.2) is 0 Å². The molecule has 0 heterocycles. The Morgan fingerprint density at radius 2 is 2.13 bits per heavy atom. The van der Waals surface area contributed by atoms with E-state index < -0.39 is 0 Å². The first-order chi connectivity index (χ1) is 7.16. The van der Waals surface area contributed by atoms with Crippen molar-refractivity contribution < 1.29 is 9.47 Å². The van der Waals surface area contributed by atoms with E-state index in [0.717, 1.165) is 17.7 Å². The van der Waals surface area contributed by atoms with E-state index in [1.54, 1.807) is 7.11 Å². The molecule has 2 N–H and O–H groups in total. The van der Waals surface area contributed by atoms with Crippen LogP contribution in [0.5, 0.6) is 0 Å². The van der Waals surface area contributed by atoms with Gasteiger partial charge in [-0.1, -0.05) is 6.07 Å². The Morgan fingerprint density at radius 3 is 2.80 bits per heavy atom. The lowest BCUT2D eigenvalue weighted by Crippen LogP contribution is -2.06. The molecule has 1 aromatic carbocycles. The maximum absolute atomic E-state index is 6.01. The lowest BCUT2D eigenvalue weighted by Gasteiger charge is -2.11. The van der Waals surface area contributed by atoms with Crippen molar-refractivity contribution in [1.29, 1.82) is 0 Å². The van der Waals surface area contributed by atoms with Gasteiger partial charge in [0, 0.05) is 16.4 Å². The van der Waals surface area contributed by atoms with Gasteiger partial charge in [-0.15, -0.1) is 0 Å². The van der Waals surface area contributed by atoms with Crippen molar-refractivity contribution in [2.75, 3.05) is 26.2 Å². The number of benzene rings is 1. The third kappa shape index (κ3) is 3.62. The molecule has 1 rings (SSSR count). The largest absolute Gasteiger partial charge is 0.398 e. The molecule has 1 aromatic rings. The third-order valence-electron chi connectivity index (χ3n) is 2.22. The molecule has 0 aliphatic carbocycles. The average Bonchev–Trinajstić information content (AvgIpc) is 2.23. The van der Waals surface area contributed by atoms with Crippen molar-refractivity contribution >= 4 is 28.3 Å². The molecule has 0 atom stereocenters. The van der Waals surface area contributed by atoms with E-state index in [9.17, 15) is 0 Å². The van der Waals surface area contributed by atoms with Crippen LogP contribution >= 0.6 is 22.6 Å². The predicted molar refractivity (Wildman–Crippen MR) is 69.8 cm³/mol. The molecule has 3 nitrogen and oxygen atoms in total. The van der Waals surface area contributed by atoms with E-state index in [-0.39, 0.29) is 0 Å². The topological polar surface area (TPSA) is 44.5 Å². The minimum absolute atomic E-state index is 0.336. The first-order valence-electron chi connectivity index (χ1n) is 4.77. The minimum Gasteiger partial charge on any atom is -0.398 e. The molecule has 0 fully saturated rings. The lowest BCUT2D eigenvalue weighted by atomic mass is 10.1. The molecular weight excluding hydrogens is 305 g/mol. The minimum atomic E-state index is 0.336. The number of halogens is 1. The fourth-order valence-corrected chi connectivity index (χ4v) is 2.07.